The van der Waals surface area contributed by atoms with Crippen molar-refractivity contribution in [1.82, 2.24) is 5.32 Å². The minimum absolute atomic E-state index is 0.272. The summed E-state index contributed by atoms with van der Waals surface area (Å²) in [5.74, 6) is -2.47. The fourth-order valence-electron chi connectivity index (χ4n) is 2.46. The largest absolute Gasteiger partial charge is 0.490 e. The van der Waals surface area contributed by atoms with Crippen LogP contribution in [0.4, 0.5) is 13.2 Å². The number of fused-ring (bicyclic) bond motifs is 1. The molecule has 104 valence electrons. The van der Waals surface area contributed by atoms with Crippen LogP contribution in [0.15, 0.2) is 0 Å². The zero-order valence-corrected chi connectivity index (χ0v) is 9.78. The highest BCUT2D eigenvalue weighted by atomic mass is 19.4. The molecule has 3 atom stereocenters. The van der Waals surface area contributed by atoms with Gasteiger partial charge in [-0.15, -0.1) is 0 Å². The van der Waals surface area contributed by atoms with Gasteiger partial charge in [0.05, 0.1) is 0 Å². The maximum absolute atomic E-state index is 10.7. The maximum atomic E-state index is 10.7. The van der Waals surface area contributed by atoms with E-state index in [1.165, 1.54) is 0 Å². The van der Waals surface area contributed by atoms with Gasteiger partial charge < -0.3 is 15.5 Å². The zero-order valence-electron chi connectivity index (χ0n) is 9.78. The lowest BCUT2D eigenvalue weighted by atomic mass is 10.0. The van der Waals surface area contributed by atoms with Gasteiger partial charge in [-0.05, 0) is 23.8 Å². The molecule has 5 nitrogen and oxygen atoms in total. The Balaban J connectivity index is 0.000000203. The average molecular weight is 269 g/mol. The van der Waals surface area contributed by atoms with Gasteiger partial charge >= 0.3 is 18.1 Å². The molecule has 0 amide bonds. The summed E-state index contributed by atoms with van der Waals surface area (Å²) in [5.41, 5.74) is 0.272. The van der Waals surface area contributed by atoms with Crippen molar-refractivity contribution in [3.63, 3.8) is 0 Å². The summed E-state index contributed by atoms with van der Waals surface area (Å²) in [4.78, 5) is 19.6. The molecule has 3 unspecified atom stereocenters. The van der Waals surface area contributed by atoms with E-state index in [4.69, 9.17) is 15.0 Å². The molecule has 2 rings (SSSR count). The summed E-state index contributed by atoms with van der Waals surface area (Å²) in [5, 5.41) is 18.9. The van der Waals surface area contributed by atoms with Crippen molar-refractivity contribution in [2.45, 2.75) is 26.1 Å². The second-order valence-corrected chi connectivity index (χ2v) is 4.98. The molecule has 0 aromatic carbocycles. The van der Waals surface area contributed by atoms with Crippen molar-refractivity contribution >= 4 is 11.9 Å². The van der Waals surface area contributed by atoms with Crippen LogP contribution < -0.4 is 5.32 Å². The number of aliphatic carboxylic acids is 2. The lowest BCUT2D eigenvalue weighted by Gasteiger charge is -2.14. The molecule has 0 spiro atoms. The van der Waals surface area contributed by atoms with Crippen LogP contribution in [0.1, 0.15) is 13.8 Å². The minimum Gasteiger partial charge on any atom is -0.480 e. The van der Waals surface area contributed by atoms with Crippen molar-refractivity contribution in [3.05, 3.63) is 0 Å². The van der Waals surface area contributed by atoms with Crippen molar-refractivity contribution < 1.29 is 33.0 Å². The van der Waals surface area contributed by atoms with E-state index in [1.54, 1.807) is 0 Å². The van der Waals surface area contributed by atoms with Gasteiger partial charge in [0, 0.05) is 0 Å². The Morgan fingerprint density at radius 2 is 1.72 bits per heavy atom. The van der Waals surface area contributed by atoms with Gasteiger partial charge in [0.1, 0.15) is 6.04 Å². The van der Waals surface area contributed by atoms with Crippen molar-refractivity contribution in [2.75, 3.05) is 6.54 Å². The van der Waals surface area contributed by atoms with Gasteiger partial charge in [0.15, 0.2) is 0 Å². The molecule has 2 fully saturated rings. The number of rotatable bonds is 1. The van der Waals surface area contributed by atoms with Gasteiger partial charge in [0.2, 0.25) is 0 Å². The summed E-state index contributed by atoms with van der Waals surface area (Å²) in [6.07, 6.45) is -5.08. The molecule has 1 aliphatic carbocycles. The molecule has 3 N–H and O–H groups in total. The Bertz CT molecular complexity index is 367. The van der Waals surface area contributed by atoms with E-state index in [-0.39, 0.29) is 11.5 Å². The number of piperidine rings is 1. The summed E-state index contributed by atoms with van der Waals surface area (Å²) < 4.78 is 31.7. The highest BCUT2D eigenvalue weighted by Crippen LogP contribution is 2.62. The molecule has 18 heavy (non-hydrogen) atoms. The Hall–Kier alpha value is -1.31. The highest BCUT2D eigenvalue weighted by Gasteiger charge is 2.65. The van der Waals surface area contributed by atoms with Crippen LogP contribution in [0, 0.1) is 17.3 Å². The summed E-state index contributed by atoms with van der Waals surface area (Å²) in [7, 11) is 0. The van der Waals surface area contributed by atoms with E-state index in [2.05, 4.69) is 19.2 Å². The molecule has 0 aromatic heterocycles. The predicted octanol–water partition coefficient (Wildman–Crippen LogP) is 0.948. The lowest BCUT2D eigenvalue weighted by Crippen LogP contribution is -2.37. The first kappa shape index (κ1) is 14.7. The summed E-state index contributed by atoms with van der Waals surface area (Å²) >= 11 is 0. The predicted molar refractivity (Wildman–Crippen MR) is 53.9 cm³/mol. The molecule has 0 bridgehead atoms. The Labute approximate surface area is 101 Å². The normalized spacial score (nSPS) is 31.9. The maximum Gasteiger partial charge on any atom is 0.490 e. The topological polar surface area (TPSA) is 86.6 Å². The summed E-state index contributed by atoms with van der Waals surface area (Å²) in [6, 6.07) is -0.282. The SMILES string of the molecule is CC1(C)C2CNC(C(=O)O)C21.O=C(O)C(F)(F)F. The number of hydrogen-bond acceptors (Lipinski definition) is 3. The first-order valence-corrected chi connectivity index (χ1v) is 5.26. The van der Waals surface area contributed by atoms with Crippen LogP contribution in [-0.4, -0.2) is 40.9 Å². The molecule has 0 radical (unpaired) electrons. The third-order valence-electron chi connectivity index (χ3n) is 3.56. The van der Waals surface area contributed by atoms with E-state index < -0.39 is 18.1 Å². The standard InChI is InChI=1S/C8H13NO2.C2HF3O2/c1-8(2)4-3-9-6(5(4)8)7(10)11;3-2(4,5)1(6)7/h4-6,9H,3H2,1-2H3,(H,10,11);(H,6,7). The van der Waals surface area contributed by atoms with Crippen LogP contribution >= 0.6 is 0 Å². The third kappa shape index (κ3) is 2.74. The number of hydrogen-bond donors (Lipinski definition) is 3. The number of carboxylic acids is 2. The highest BCUT2D eigenvalue weighted by molar-refractivity contribution is 5.75. The number of halogens is 3. The molecule has 8 heteroatoms. The lowest BCUT2D eigenvalue weighted by molar-refractivity contribution is -0.192. The smallest absolute Gasteiger partial charge is 0.480 e. The van der Waals surface area contributed by atoms with Gasteiger partial charge in [-0.25, -0.2) is 4.79 Å². The van der Waals surface area contributed by atoms with E-state index >= 15 is 0 Å². The van der Waals surface area contributed by atoms with Crippen molar-refractivity contribution in [2.24, 2.45) is 17.3 Å². The molecule has 1 heterocycles. The van der Waals surface area contributed by atoms with Gasteiger partial charge in [-0.2, -0.15) is 13.2 Å². The van der Waals surface area contributed by atoms with E-state index in [0.717, 1.165) is 6.54 Å². The zero-order chi connectivity index (χ0) is 14.3. The van der Waals surface area contributed by atoms with Crippen molar-refractivity contribution in [3.8, 4) is 0 Å². The molecule has 0 aromatic rings. The summed E-state index contributed by atoms with van der Waals surface area (Å²) in [6.45, 7) is 5.19. The fraction of sp³-hybridized carbons (Fsp3) is 0.800. The van der Waals surface area contributed by atoms with Crippen LogP contribution in [0.5, 0.6) is 0 Å². The molecular formula is C10H14F3NO4. The van der Waals surface area contributed by atoms with Crippen LogP contribution in [0.25, 0.3) is 0 Å². The molecule has 1 aliphatic heterocycles. The third-order valence-corrected chi connectivity index (χ3v) is 3.56. The Morgan fingerprint density at radius 1 is 1.28 bits per heavy atom. The van der Waals surface area contributed by atoms with Crippen LogP contribution in [-0.2, 0) is 9.59 Å². The first-order valence-electron chi connectivity index (χ1n) is 5.26. The molecule has 1 saturated carbocycles. The number of carboxylic acid groups (broad SMARTS) is 2. The van der Waals surface area contributed by atoms with Gasteiger partial charge in [0.25, 0.3) is 0 Å². The quantitative estimate of drug-likeness (QED) is 0.659. The van der Waals surface area contributed by atoms with Crippen LogP contribution in [0.3, 0.4) is 0 Å². The van der Waals surface area contributed by atoms with E-state index in [0.29, 0.717) is 11.8 Å². The second kappa shape index (κ2) is 4.42. The first-order chi connectivity index (χ1) is 7.99. The number of carbonyl (C=O) groups is 2. The molecule has 2 aliphatic rings. The van der Waals surface area contributed by atoms with Crippen molar-refractivity contribution in [1.29, 1.82) is 0 Å². The Kier molecular flexibility index (Phi) is 3.62. The molecular weight excluding hydrogens is 255 g/mol. The minimum atomic E-state index is -5.08. The number of alkyl halides is 3. The van der Waals surface area contributed by atoms with Gasteiger partial charge in [-0.1, -0.05) is 13.8 Å². The average Bonchev–Trinajstić information content (AvgIpc) is 2.62. The van der Waals surface area contributed by atoms with E-state index in [9.17, 15) is 18.0 Å². The van der Waals surface area contributed by atoms with E-state index in [1.807, 2.05) is 0 Å². The Morgan fingerprint density at radius 3 is 1.89 bits per heavy atom. The van der Waals surface area contributed by atoms with Gasteiger partial charge in [-0.3, -0.25) is 4.79 Å². The fourth-order valence-corrected chi connectivity index (χ4v) is 2.46. The number of nitrogens with one attached hydrogen (secondary N) is 1. The molecule has 1 saturated heterocycles. The monoisotopic (exact) mass is 269 g/mol. The van der Waals surface area contributed by atoms with Crippen LogP contribution in [0.2, 0.25) is 0 Å². The second-order valence-electron chi connectivity index (χ2n) is 4.98.